The van der Waals surface area contributed by atoms with Gasteiger partial charge in [-0.25, -0.2) is 4.98 Å². The number of aromatic nitrogens is 2. The SMILES string of the molecule is CCC(CC)c1nc2c(N)cccc2n1C. The summed E-state index contributed by atoms with van der Waals surface area (Å²) >= 11 is 0. The summed E-state index contributed by atoms with van der Waals surface area (Å²) < 4.78 is 2.17. The third kappa shape index (κ3) is 1.56. The number of nitrogen functional groups attached to an aromatic ring is 1. The van der Waals surface area contributed by atoms with Crippen LogP contribution in [0.2, 0.25) is 0 Å². The molecule has 0 unspecified atom stereocenters. The Morgan fingerprint density at radius 3 is 2.56 bits per heavy atom. The molecule has 2 aromatic rings. The summed E-state index contributed by atoms with van der Waals surface area (Å²) in [5, 5.41) is 0. The second kappa shape index (κ2) is 4.16. The molecule has 16 heavy (non-hydrogen) atoms. The molecular formula is C13H19N3. The molecule has 1 heterocycles. The third-order valence-corrected chi connectivity index (χ3v) is 3.33. The van der Waals surface area contributed by atoms with Crippen LogP contribution in [0, 0.1) is 0 Å². The lowest BCUT2D eigenvalue weighted by Gasteiger charge is -2.11. The van der Waals surface area contributed by atoms with Gasteiger partial charge in [0, 0.05) is 13.0 Å². The molecule has 0 radical (unpaired) electrons. The van der Waals surface area contributed by atoms with E-state index in [2.05, 4.69) is 31.5 Å². The van der Waals surface area contributed by atoms with E-state index in [0.717, 1.165) is 35.4 Å². The molecule has 0 saturated carbocycles. The van der Waals surface area contributed by atoms with Crippen molar-refractivity contribution in [2.24, 2.45) is 7.05 Å². The predicted molar refractivity (Wildman–Crippen MR) is 68.4 cm³/mol. The maximum Gasteiger partial charge on any atom is 0.112 e. The Bertz CT molecular complexity index is 495. The van der Waals surface area contributed by atoms with Crippen LogP contribution in [0.1, 0.15) is 38.4 Å². The molecule has 0 bridgehead atoms. The Labute approximate surface area is 96.3 Å². The summed E-state index contributed by atoms with van der Waals surface area (Å²) in [6.45, 7) is 4.41. The maximum absolute atomic E-state index is 5.95. The first-order chi connectivity index (χ1) is 7.69. The number of nitrogens with zero attached hydrogens (tertiary/aromatic N) is 2. The van der Waals surface area contributed by atoms with E-state index in [1.807, 2.05) is 12.1 Å². The number of aryl methyl sites for hydroxylation is 1. The molecule has 0 aliphatic carbocycles. The lowest BCUT2D eigenvalue weighted by atomic mass is 10.0. The number of rotatable bonds is 3. The molecule has 3 heteroatoms. The van der Waals surface area contributed by atoms with Crippen molar-refractivity contribution in [3.8, 4) is 0 Å². The van der Waals surface area contributed by atoms with Crippen LogP contribution in [0.5, 0.6) is 0 Å². The minimum absolute atomic E-state index is 0.525. The standard InChI is InChI=1S/C13H19N3/c1-4-9(5-2)13-15-12-10(14)7-6-8-11(12)16(13)3/h6-9H,4-5,14H2,1-3H3. The number of fused-ring (bicyclic) bond motifs is 1. The van der Waals surface area contributed by atoms with E-state index < -0.39 is 0 Å². The number of imidazole rings is 1. The highest BCUT2D eigenvalue weighted by Crippen LogP contribution is 2.27. The van der Waals surface area contributed by atoms with Crippen LogP contribution in [0.3, 0.4) is 0 Å². The first kappa shape index (κ1) is 11.0. The van der Waals surface area contributed by atoms with Gasteiger partial charge in [-0.05, 0) is 25.0 Å². The Morgan fingerprint density at radius 1 is 1.31 bits per heavy atom. The molecule has 0 spiro atoms. The highest BCUT2D eigenvalue weighted by Gasteiger charge is 2.16. The normalized spacial score (nSPS) is 11.5. The molecular weight excluding hydrogens is 198 g/mol. The highest BCUT2D eigenvalue weighted by molar-refractivity contribution is 5.87. The van der Waals surface area contributed by atoms with Gasteiger partial charge in [0.1, 0.15) is 11.3 Å². The number of anilines is 1. The molecule has 0 aliphatic rings. The minimum Gasteiger partial charge on any atom is -0.397 e. The fourth-order valence-electron chi connectivity index (χ4n) is 2.27. The molecule has 1 aromatic carbocycles. The quantitative estimate of drug-likeness (QED) is 0.803. The summed E-state index contributed by atoms with van der Waals surface area (Å²) in [4.78, 5) is 4.69. The second-order valence-corrected chi connectivity index (χ2v) is 4.26. The van der Waals surface area contributed by atoms with Gasteiger partial charge >= 0.3 is 0 Å². The number of nitrogens with two attached hydrogens (primary N) is 1. The Balaban J connectivity index is 2.64. The molecule has 3 nitrogen and oxygen atoms in total. The van der Waals surface area contributed by atoms with Gasteiger partial charge in [-0.2, -0.15) is 0 Å². The average molecular weight is 217 g/mol. The minimum atomic E-state index is 0.525. The number of benzene rings is 1. The van der Waals surface area contributed by atoms with Crippen molar-refractivity contribution >= 4 is 16.7 Å². The zero-order valence-corrected chi connectivity index (χ0v) is 10.2. The zero-order valence-electron chi connectivity index (χ0n) is 10.2. The van der Waals surface area contributed by atoms with Crippen LogP contribution in [0.15, 0.2) is 18.2 Å². The largest absolute Gasteiger partial charge is 0.397 e. The molecule has 86 valence electrons. The van der Waals surface area contributed by atoms with Crippen molar-refractivity contribution in [3.05, 3.63) is 24.0 Å². The Kier molecular flexibility index (Phi) is 2.86. The smallest absolute Gasteiger partial charge is 0.112 e. The lowest BCUT2D eigenvalue weighted by molar-refractivity contribution is 0.582. The number of hydrogen-bond donors (Lipinski definition) is 1. The lowest BCUT2D eigenvalue weighted by Crippen LogP contribution is -2.04. The molecule has 2 rings (SSSR count). The summed E-state index contributed by atoms with van der Waals surface area (Å²) in [7, 11) is 2.07. The van der Waals surface area contributed by atoms with Crippen LogP contribution in [-0.2, 0) is 7.05 Å². The van der Waals surface area contributed by atoms with E-state index >= 15 is 0 Å². The first-order valence-electron chi connectivity index (χ1n) is 5.89. The summed E-state index contributed by atoms with van der Waals surface area (Å²) in [6, 6.07) is 5.96. The second-order valence-electron chi connectivity index (χ2n) is 4.26. The summed E-state index contributed by atoms with van der Waals surface area (Å²) in [6.07, 6.45) is 2.24. The van der Waals surface area contributed by atoms with Crippen molar-refractivity contribution in [1.29, 1.82) is 0 Å². The monoisotopic (exact) mass is 217 g/mol. The van der Waals surface area contributed by atoms with Gasteiger partial charge < -0.3 is 10.3 Å². The Hall–Kier alpha value is -1.51. The van der Waals surface area contributed by atoms with Gasteiger partial charge in [-0.15, -0.1) is 0 Å². The van der Waals surface area contributed by atoms with Crippen molar-refractivity contribution in [2.45, 2.75) is 32.6 Å². The summed E-state index contributed by atoms with van der Waals surface area (Å²) in [5.41, 5.74) is 8.78. The molecule has 0 aliphatic heterocycles. The Morgan fingerprint density at radius 2 is 2.00 bits per heavy atom. The van der Waals surface area contributed by atoms with Gasteiger partial charge in [0.15, 0.2) is 0 Å². The predicted octanol–water partition coefficient (Wildman–Crippen LogP) is 3.06. The van der Waals surface area contributed by atoms with E-state index in [4.69, 9.17) is 10.7 Å². The molecule has 0 amide bonds. The topological polar surface area (TPSA) is 43.8 Å². The highest BCUT2D eigenvalue weighted by atomic mass is 15.1. The van der Waals surface area contributed by atoms with Crippen LogP contribution >= 0.6 is 0 Å². The van der Waals surface area contributed by atoms with Gasteiger partial charge in [-0.1, -0.05) is 19.9 Å². The van der Waals surface area contributed by atoms with E-state index in [1.165, 1.54) is 0 Å². The van der Waals surface area contributed by atoms with Crippen molar-refractivity contribution < 1.29 is 0 Å². The van der Waals surface area contributed by atoms with Crippen LogP contribution in [-0.4, -0.2) is 9.55 Å². The van der Waals surface area contributed by atoms with Gasteiger partial charge in [-0.3, -0.25) is 0 Å². The molecule has 2 N–H and O–H groups in total. The summed E-state index contributed by atoms with van der Waals surface area (Å²) in [5.74, 6) is 1.68. The zero-order chi connectivity index (χ0) is 11.7. The first-order valence-corrected chi connectivity index (χ1v) is 5.89. The number of hydrogen-bond acceptors (Lipinski definition) is 2. The van der Waals surface area contributed by atoms with Crippen molar-refractivity contribution in [2.75, 3.05) is 5.73 Å². The maximum atomic E-state index is 5.95. The van der Waals surface area contributed by atoms with E-state index in [1.54, 1.807) is 0 Å². The fourth-order valence-corrected chi connectivity index (χ4v) is 2.27. The number of para-hydroxylation sites is 1. The fraction of sp³-hybridized carbons (Fsp3) is 0.462. The van der Waals surface area contributed by atoms with Crippen molar-refractivity contribution in [1.82, 2.24) is 9.55 Å². The molecule has 0 saturated heterocycles. The van der Waals surface area contributed by atoms with Crippen LogP contribution < -0.4 is 5.73 Å². The molecule has 0 atom stereocenters. The molecule has 1 aromatic heterocycles. The van der Waals surface area contributed by atoms with Gasteiger partial charge in [0.05, 0.1) is 11.2 Å². The average Bonchev–Trinajstić information content (AvgIpc) is 2.61. The van der Waals surface area contributed by atoms with Crippen molar-refractivity contribution in [3.63, 3.8) is 0 Å². The van der Waals surface area contributed by atoms with Gasteiger partial charge in [0.2, 0.25) is 0 Å². The third-order valence-electron chi connectivity index (χ3n) is 3.33. The van der Waals surface area contributed by atoms with Crippen LogP contribution in [0.25, 0.3) is 11.0 Å². The van der Waals surface area contributed by atoms with Gasteiger partial charge in [0.25, 0.3) is 0 Å². The van der Waals surface area contributed by atoms with Crippen LogP contribution in [0.4, 0.5) is 5.69 Å². The molecule has 0 fully saturated rings. The van der Waals surface area contributed by atoms with E-state index in [9.17, 15) is 0 Å². The van der Waals surface area contributed by atoms with E-state index in [-0.39, 0.29) is 0 Å². The van der Waals surface area contributed by atoms with E-state index in [0.29, 0.717) is 5.92 Å².